The second-order valence-corrected chi connectivity index (χ2v) is 4.23. The summed E-state index contributed by atoms with van der Waals surface area (Å²) < 4.78 is 2.15. The fourth-order valence-corrected chi connectivity index (χ4v) is 2.26. The van der Waals surface area contributed by atoms with Crippen LogP contribution in [-0.4, -0.2) is 9.55 Å². The van der Waals surface area contributed by atoms with Gasteiger partial charge >= 0.3 is 0 Å². The molecule has 2 heteroatoms. The van der Waals surface area contributed by atoms with Crippen molar-refractivity contribution < 1.29 is 0 Å². The van der Waals surface area contributed by atoms with E-state index in [1.54, 1.807) is 0 Å². The van der Waals surface area contributed by atoms with E-state index in [0.717, 1.165) is 11.0 Å². The summed E-state index contributed by atoms with van der Waals surface area (Å²) in [5.41, 5.74) is 3.36. The zero-order valence-corrected chi connectivity index (χ0v) is 10.0. The number of benzene rings is 2. The van der Waals surface area contributed by atoms with E-state index >= 15 is 0 Å². The molecule has 0 saturated heterocycles. The van der Waals surface area contributed by atoms with Crippen molar-refractivity contribution in [3.8, 4) is 0 Å². The Morgan fingerprint density at radius 1 is 1.00 bits per heavy atom. The molecule has 3 rings (SSSR count). The number of nitrogens with zero attached hydrogens (tertiary/aromatic N) is 2. The van der Waals surface area contributed by atoms with Crippen LogP contribution in [0.4, 0.5) is 0 Å². The van der Waals surface area contributed by atoms with Crippen LogP contribution >= 0.6 is 0 Å². The fourth-order valence-electron chi connectivity index (χ4n) is 2.26. The summed E-state index contributed by atoms with van der Waals surface area (Å²) in [5.74, 6) is 0. The lowest BCUT2D eigenvalue weighted by Gasteiger charge is -2.15. The molecule has 0 radical (unpaired) electrons. The highest BCUT2D eigenvalue weighted by atomic mass is 15.1. The number of allylic oxidation sites excluding steroid dienone is 1. The molecular weight excluding hydrogens is 220 g/mol. The highest BCUT2D eigenvalue weighted by Crippen LogP contribution is 2.24. The van der Waals surface area contributed by atoms with Gasteiger partial charge in [-0.25, -0.2) is 4.98 Å². The topological polar surface area (TPSA) is 17.8 Å². The maximum absolute atomic E-state index is 4.43. The van der Waals surface area contributed by atoms with Crippen LogP contribution in [0.1, 0.15) is 11.6 Å². The van der Waals surface area contributed by atoms with Crippen LogP contribution in [-0.2, 0) is 0 Å². The van der Waals surface area contributed by atoms with E-state index in [9.17, 15) is 0 Å². The van der Waals surface area contributed by atoms with Crippen molar-refractivity contribution in [1.82, 2.24) is 9.55 Å². The lowest BCUT2D eigenvalue weighted by atomic mass is 10.1. The lowest BCUT2D eigenvalue weighted by molar-refractivity contribution is 0.722. The Hall–Kier alpha value is -2.35. The Morgan fingerprint density at radius 2 is 1.72 bits per heavy atom. The third-order valence-corrected chi connectivity index (χ3v) is 3.15. The minimum Gasteiger partial charge on any atom is -0.319 e. The first-order chi connectivity index (χ1) is 8.90. The van der Waals surface area contributed by atoms with Crippen LogP contribution in [0.25, 0.3) is 11.0 Å². The standard InChI is InChI=1S/C16H14N2/c1-2-15(13-8-4-3-5-9-13)18-12-17-14-10-6-7-11-16(14)18/h2-12,15H,1H2/t15-/m1/s1. The van der Waals surface area contributed by atoms with Crippen molar-refractivity contribution in [2.45, 2.75) is 6.04 Å². The van der Waals surface area contributed by atoms with Gasteiger partial charge in [0, 0.05) is 0 Å². The number of hydrogen-bond acceptors (Lipinski definition) is 1. The van der Waals surface area contributed by atoms with E-state index in [4.69, 9.17) is 0 Å². The van der Waals surface area contributed by atoms with Crippen LogP contribution in [0, 0.1) is 0 Å². The first kappa shape index (κ1) is 10.8. The van der Waals surface area contributed by atoms with Crippen LogP contribution in [0.15, 0.2) is 73.6 Å². The summed E-state index contributed by atoms with van der Waals surface area (Å²) in [7, 11) is 0. The van der Waals surface area contributed by atoms with Gasteiger partial charge in [-0.1, -0.05) is 48.5 Å². The van der Waals surface area contributed by atoms with Gasteiger partial charge in [0.1, 0.15) is 0 Å². The Balaban J connectivity index is 2.15. The van der Waals surface area contributed by atoms with Crippen molar-refractivity contribution in [1.29, 1.82) is 0 Å². The Labute approximate surface area is 106 Å². The van der Waals surface area contributed by atoms with E-state index in [0.29, 0.717) is 0 Å². The molecular formula is C16H14N2. The second-order valence-electron chi connectivity index (χ2n) is 4.23. The van der Waals surface area contributed by atoms with Crippen molar-refractivity contribution in [2.75, 3.05) is 0 Å². The molecule has 0 bridgehead atoms. The fraction of sp³-hybridized carbons (Fsp3) is 0.0625. The molecule has 18 heavy (non-hydrogen) atoms. The van der Waals surface area contributed by atoms with Crippen LogP contribution in [0.5, 0.6) is 0 Å². The normalized spacial score (nSPS) is 12.4. The molecule has 2 aromatic carbocycles. The number of hydrogen-bond donors (Lipinski definition) is 0. The van der Waals surface area contributed by atoms with Gasteiger partial charge in [0.2, 0.25) is 0 Å². The number of rotatable bonds is 3. The summed E-state index contributed by atoms with van der Waals surface area (Å²) in [6, 6.07) is 18.6. The van der Waals surface area contributed by atoms with E-state index in [1.807, 2.05) is 48.8 Å². The molecule has 3 aromatic rings. The monoisotopic (exact) mass is 234 g/mol. The SMILES string of the molecule is C=C[C@H](c1ccccc1)n1cnc2ccccc21. The average Bonchev–Trinajstić information content (AvgIpc) is 2.85. The summed E-state index contributed by atoms with van der Waals surface area (Å²) in [6.45, 7) is 3.95. The summed E-state index contributed by atoms with van der Waals surface area (Å²) in [6.07, 6.45) is 3.83. The lowest BCUT2D eigenvalue weighted by Crippen LogP contribution is -2.06. The molecule has 0 aliphatic carbocycles. The van der Waals surface area contributed by atoms with Gasteiger partial charge < -0.3 is 4.57 Å². The van der Waals surface area contributed by atoms with Crippen molar-refractivity contribution in [3.05, 3.63) is 79.1 Å². The molecule has 2 nitrogen and oxygen atoms in total. The minimum atomic E-state index is 0.124. The van der Waals surface area contributed by atoms with E-state index < -0.39 is 0 Å². The Morgan fingerprint density at radius 3 is 2.50 bits per heavy atom. The van der Waals surface area contributed by atoms with Crippen molar-refractivity contribution in [3.63, 3.8) is 0 Å². The molecule has 0 amide bonds. The zero-order valence-electron chi connectivity index (χ0n) is 10.0. The smallest absolute Gasteiger partial charge is 0.0966 e. The van der Waals surface area contributed by atoms with E-state index in [-0.39, 0.29) is 6.04 Å². The maximum atomic E-state index is 4.43. The van der Waals surface area contributed by atoms with Gasteiger partial charge in [0.15, 0.2) is 0 Å². The molecule has 0 unspecified atom stereocenters. The summed E-state index contributed by atoms with van der Waals surface area (Å²) in [5, 5.41) is 0. The van der Waals surface area contributed by atoms with Gasteiger partial charge in [0.05, 0.1) is 23.4 Å². The van der Waals surface area contributed by atoms with Crippen molar-refractivity contribution >= 4 is 11.0 Å². The average molecular weight is 234 g/mol. The molecule has 0 spiro atoms. The first-order valence-electron chi connectivity index (χ1n) is 5.99. The molecule has 1 atom stereocenters. The van der Waals surface area contributed by atoms with E-state index in [1.165, 1.54) is 5.56 Å². The zero-order chi connectivity index (χ0) is 12.4. The second kappa shape index (κ2) is 4.49. The largest absolute Gasteiger partial charge is 0.319 e. The predicted molar refractivity (Wildman–Crippen MR) is 74.5 cm³/mol. The molecule has 0 saturated carbocycles. The summed E-state index contributed by atoms with van der Waals surface area (Å²) >= 11 is 0. The van der Waals surface area contributed by atoms with Gasteiger partial charge in [-0.15, -0.1) is 6.58 Å². The quantitative estimate of drug-likeness (QED) is 0.630. The Bertz CT molecular complexity index is 668. The highest BCUT2D eigenvalue weighted by Gasteiger charge is 2.11. The molecule has 0 N–H and O–H groups in total. The van der Waals surface area contributed by atoms with Gasteiger partial charge in [-0.3, -0.25) is 0 Å². The number of fused-ring (bicyclic) bond motifs is 1. The molecule has 0 aliphatic heterocycles. The van der Waals surface area contributed by atoms with Crippen LogP contribution < -0.4 is 0 Å². The molecule has 0 aliphatic rings. The minimum absolute atomic E-state index is 0.124. The third-order valence-electron chi connectivity index (χ3n) is 3.15. The van der Waals surface area contributed by atoms with Crippen molar-refractivity contribution in [2.24, 2.45) is 0 Å². The van der Waals surface area contributed by atoms with Crippen LogP contribution in [0.2, 0.25) is 0 Å². The Kier molecular flexibility index (Phi) is 2.69. The van der Waals surface area contributed by atoms with Gasteiger partial charge in [0.25, 0.3) is 0 Å². The molecule has 88 valence electrons. The van der Waals surface area contributed by atoms with Crippen LogP contribution in [0.3, 0.4) is 0 Å². The third kappa shape index (κ3) is 1.72. The first-order valence-corrected chi connectivity index (χ1v) is 5.99. The molecule has 1 aromatic heterocycles. The molecule has 0 fully saturated rings. The van der Waals surface area contributed by atoms with E-state index in [2.05, 4.69) is 34.3 Å². The highest BCUT2D eigenvalue weighted by molar-refractivity contribution is 5.75. The van der Waals surface area contributed by atoms with Gasteiger partial charge in [-0.2, -0.15) is 0 Å². The number of aromatic nitrogens is 2. The molecule has 1 heterocycles. The predicted octanol–water partition coefficient (Wildman–Crippen LogP) is 3.81. The number of imidazole rings is 1. The maximum Gasteiger partial charge on any atom is 0.0966 e. The number of para-hydroxylation sites is 2. The van der Waals surface area contributed by atoms with Gasteiger partial charge in [-0.05, 0) is 17.7 Å². The summed E-state index contributed by atoms with van der Waals surface area (Å²) in [4.78, 5) is 4.43.